The Morgan fingerprint density at radius 1 is 1.64 bits per heavy atom. The fourth-order valence-electron chi connectivity index (χ4n) is 1.95. The van der Waals surface area contributed by atoms with E-state index in [0.717, 1.165) is 25.8 Å². The van der Waals surface area contributed by atoms with E-state index in [1.165, 1.54) is 6.42 Å². The number of hydrogen-bond acceptors (Lipinski definition) is 1. The molecule has 3 nitrogen and oxygen atoms in total. The summed E-state index contributed by atoms with van der Waals surface area (Å²) in [7, 11) is 0. The van der Waals surface area contributed by atoms with E-state index >= 15 is 0 Å². The van der Waals surface area contributed by atoms with Crippen molar-refractivity contribution in [1.29, 1.82) is 0 Å². The molecule has 1 fully saturated rings. The molecule has 1 unspecified atom stereocenters. The lowest BCUT2D eigenvalue weighted by atomic mass is 10.0. The molecule has 1 N–H and O–H groups in total. The number of amides is 2. The van der Waals surface area contributed by atoms with E-state index in [1.54, 1.807) is 6.08 Å². The lowest BCUT2D eigenvalue weighted by molar-refractivity contribution is 0.150. The van der Waals surface area contributed by atoms with Crippen molar-refractivity contribution >= 4 is 6.03 Å². The van der Waals surface area contributed by atoms with Gasteiger partial charge in [0.2, 0.25) is 0 Å². The molecule has 1 atom stereocenters. The number of likely N-dealkylation sites (tertiary alicyclic amines) is 1. The molecule has 0 aromatic heterocycles. The van der Waals surface area contributed by atoms with Crippen LogP contribution in [0, 0.1) is 0 Å². The monoisotopic (exact) mass is 196 g/mol. The van der Waals surface area contributed by atoms with Gasteiger partial charge in [-0.3, -0.25) is 0 Å². The molecule has 0 saturated carbocycles. The van der Waals surface area contributed by atoms with Crippen molar-refractivity contribution < 1.29 is 4.79 Å². The van der Waals surface area contributed by atoms with E-state index in [-0.39, 0.29) is 6.03 Å². The molecule has 1 saturated heterocycles. The Bertz CT molecular complexity index is 203. The Morgan fingerprint density at radius 3 is 3.07 bits per heavy atom. The molecule has 0 aromatic carbocycles. The molecule has 80 valence electrons. The summed E-state index contributed by atoms with van der Waals surface area (Å²) < 4.78 is 0. The van der Waals surface area contributed by atoms with Crippen molar-refractivity contribution in [3.05, 3.63) is 12.7 Å². The molecule has 1 aliphatic heterocycles. The number of carbonyl (C=O) groups is 1. The number of urea groups is 1. The van der Waals surface area contributed by atoms with E-state index in [4.69, 9.17) is 0 Å². The number of carbonyl (C=O) groups excluding carboxylic acids is 1. The molecule has 2 amide bonds. The van der Waals surface area contributed by atoms with Gasteiger partial charge in [0.15, 0.2) is 0 Å². The summed E-state index contributed by atoms with van der Waals surface area (Å²) in [6.45, 7) is 7.19. The maximum absolute atomic E-state index is 11.7. The number of rotatable bonds is 3. The van der Waals surface area contributed by atoms with Gasteiger partial charge in [-0.1, -0.05) is 13.0 Å². The summed E-state index contributed by atoms with van der Waals surface area (Å²) in [6, 6.07) is 0.505. The molecule has 3 heteroatoms. The third-order valence-electron chi connectivity index (χ3n) is 2.76. The van der Waals surface area contributed by atoms with Crippen molar-refractivity contribution in [3.8, 4) is 0 Å². The Hall–Kier alpha value is -0.990. The van der Waals surface area contributed by atoms with Gasteiger partial charge < -0.3 is 10.2 Å². The normalized spacial score (nSPS) is 21.8. The predicted octanol–water partition coefficient (Wildman–Crippen LogP) is 2.15. The van der Waals surface area contributed by atoms with Crippen LogP contribution in [-0.4, -0.2) is 30.1 Å². The molecule has 0 aliphatic carbocycles. The largest absolute Gasteiger partial charge is 0.335 e. The van der Waals surface area contributed by atoms with Crippen molar-refractivity contribution in [2.75, 3.05) is 13.1 Å². The minimum Gasteiger partial charge on any atom is -0.335 e. The summed E-state index contributed by atoms with van der Waals surface area (Å²) in [6.07, 6.45) is 6.31. The highest BCUT2D eigenvalue weighted by Crippen LogP contribution is 2.19. The SMILES string of the molecule is C=CCNC(=O)N1CCCCC1CC. The van der Waals surface area contributed by atoms with E-state index in [2.05, 4.69) is 18.8 Å². The first kappa shape index (κ1) is 11.1. The minimum atomic E-state index is 0.0662. The average Bonchev–Trinajstić information content (AvgIpc) is 2.25. The molecule has 0 spiro atoms. The van der Waals surface area contributed by atoms with Gasteiger partial charge in [-0.2, -0.15) is 0 Å². The first-order valence-corrected chi connectivity index (χ1v) is 5.45. The van der Waals surface area contributed by atoms with Crippen LogP contribution >= 0.6 is 0 Å². The minimum absolute atomic E-state index is 0.0662. The quantitative estimate of drug-likeness (QED) is 0.689. The standard InChI is InChI=1S/C11H20N2O/c1-3-8-12-11(14)13-9-6-5-7-10(13)4-2/h3,10H,1,4-9H2,2H3,(H,12,14). The Kier molecular flexibility index (Phi) is 4.50. The van der Waals surface area contributed by atoms with Crippen LogP contribution < -0.4 is 5.32 Å². The molecule has 0 aromatic rings. The van der Waals surface area contributed by atoms with Crippen LogP contribution in [0.2, 0.25) is 0 Å². The highest BCUT2D eigenvalue weighted by Gasteiger charge is 2.24. The van der Waals surface area contributed by atoms with E-state index in [9.17, 15) is 4.79 Å². The van der Waals surface area contributed by atoms with Crippen molar-refractivity contribution in [1.82, 2.24) is 10.2 Å². The van der Waals surface area contributed by atoms with Crippen molar-refractivity contribution in [3.63, 3.8) is 0 Å². The fourth-order valence-corrected chi connectivity index (χ4v) is 1.95. The fraction of sp³-hybridized carbons (Fsp3) is 0.727. The molecule has 0 bridgehead atoms. The molecule has 1 rings (SSSR count). The second-order valence-corrected chi connectivity index (χ2v) is 3.73. The second kappa shape index (κ2) is 5.68. The predicted molar refractivity (Wildman–Crippen MR) is 58.2 cm³/mol. The van der Waals surface area contributed by atoms with Crippen molar-refractivity contribution in [2.24, 2.45) is 0 Å². The smallest absolute Gasteiger partial charge is 0.317 e. The number of nitrogens with zero attached hydrogens (tertiary/aromatic N) is 1. The first-order chi connectivity index (χ1) is 6.79. The van der Waals surface area contributed by atoms with Gasteiger partial charge in [0.05, 0.1) is 0 Å². The Morgan fingerprint density at radius 2 is 2.43 bits per heavy atom. The number of nitrogens with one attached hydrogen (secondary N) is 1. The van der Waals surface area contributed by atoms with Crippen LogP contribution in [0.3, 0.4) is 0 Å². The van der Waals surface area contributed by atoms with E-state index < -0.39 is 0 Å². The van der Waals surface area contributed by atoms with E-state index in [1.807, 2.05) is 4.90 Å². The summed E-state index contributed by atoms with van der Waals surface area (Å²) >= 11 is 0. The van der Waals surface area contributed by atoms with Crippen LogP contribution in [0.25, 0.3) is 0 Å². The molecule has 1 aliphatic rings. The molecular formula is C11H20N2O. The number of piperidine rings is 1. The average molecular weight is 196 g/mol. The molecule has 0 radical (unpaired) electrons. The van der Waals surface area contributed by atoms with Crippen molar-refractivity contribution in [2.45, 2.75) is 38.6 Å². The van der Waals surface area contributed by atoms with Gasteiger partial charge >= 0.3 is 6.03 Å². The maximum atomic E-state index is 11.7. The van der Waals surface area contributed by atoms with Gasteiger partial charge in [-0.25, -0.2) is 4.79 Å². The Labute approximate surface area is 86.2 Å². The third-order valence-corrected chi connectivity index (χ3v) is 2.76. The lowest BCUT2D eigenvalue weighted by Crippen LogP contribution is -2.48. The first-order valence-electron chi connectivity index (χ1n) is 5.45. The van der Waals surface area contributed by atoms with Crippen LogP contribution in [0.1, 0.15) is 32.6 Å². The topological polar surface area (TPSA) is 32.3 Å². The summed E-state index contributed by atoms with van der Waals surface area (Å²) in [5, 5.41) is 2.84. The number of hydrogen-bond donors (Lipinski definition) is 1. The molecular weight excluding hydrogens is 176 g/mol. The molecule has 1 heterocycles. The van der Waals surface area contributed by atoms with Crippen LogP contribution in [0.15, 0.2) is 12.7 Å². The summed E-state index contributed by atoms with van der Waals surface area (Å²) in [5.74, 6) is 0. The highest BCUT2D eigenvalue weighted by molar-refractivity contribution is 5.74. The Balaban J connectivity index is 2.45. The lowest BCUT2D eigenvalue weighted by Gasteiger charge is -2.35. The second-order valence-electron chi connectivity index (χ2n) is 3.73. The van der Waals surface area contributed by atoms with Gasteiger partial charge in [0.25, 0.3) is 0 Å². The van der Waals surface area contributed by atoms with Gasteiger partial charge in [-0.05, 0) is 25.7 Å². The van der Waals surface area contributed by atoms with Crippen LogP contribution in [0.4, 0.5) is 4.79 Å². The molecule has 14 heavy (non-hydrogen) atoms. The third kappa shape index (κ3) is 2.76. The zero-order chi connectivity index (χ0) is 10.4. The van der Waals surface area contributed by atoms with Gasteiger partial charge in [-0.15, -0.1) is 6.58 Å². The van der Waals surface area contributed by atoms with Gasteiger partial charge in [0, 0.05) is 19.1 Å². The van der Waals surface area contributed by atoms with Crippen LogP contribution in [0.5, 0.6) is 0 Å². The zero-order valence-corrected chi connectivity index (χ0v) is 8.96. The zero-order valence-electron chi connectivity index (χ0n) is 8.96. The van der Waals surface area contributed by atoms with Crippen LogP contribution in [-0.2, 0) is 0 Å². The van der Waals surface area contributed by atoms with Gasteiger partial charge in [0.1, 0.15) is 0 Å². The summed E-state index contributed by atoms with van der Waals surface area (Å²) in [4.78, 5) is 13.7. The maximum Gasteiger partial charge on any atom is 0.317 e. The summed E-state index contributed by atoms with van der Waals surface area (Å²) in [5.41, 5.74) is 0. The van der Waals surface area contributed by atoms with E-state index in [0.29, 0.717) is 12.6 Å². The highest BCUT2D eigenvalue weighted by atomic mass is 16.2.